The molecule has 0 saturated heterocycles. The molecule has 0 amide bonds. The fraction of sp³-hybridized carbons (Fsp3) is 0.538. The first-order valence-electron chi connectivity index (χ1n) is 5.86. The molecule has 2 atom stereocenters. The number of fused-ring (bicyclic) bond motifs is 1. The molecule has 0 spiro atoms. The molecule has 1 aliphatic heterocycles. The monoisotopic (exact) mass is 239 g/mol. The number of hydrogen-bond donors (Lipinski definition) is 1. The lowest BCUT2D eigenvalue weighted by Crippen LogP contribution is -2.44. The van der Waals surface area contributed by atoms with Crippen molar-refractivity contribution in [3.05, 3.63) is 29.6 Å². The van der Waals surface area contributed by atoms with Gasteiger partial charge in [-0.25, -0.2) is 4.39 Å². The summed E-state index contributed by atoms with van der Waals surface area (Å²) in [4.78, 5) is 0. The van der Waals surface area contributed by atoms with Gasteiger partial charge in [-0.2, -0.15) is 0 Å². The summed E-state index contributed by atoms with van der Waals surface area (Å²) in [5.41, 5.74) is 6.47. The van der Waals surface area contributed by atoms with Crippen LogP contribution in [0.25, 0.3) is 0 Å². The molecule has 1 heterocycles. The zero-order chi connectivity index (χ0) is 12.5. The molecule has 0 aliphatic carbocycles. The Morgan fingerprint density at radius 1 is 1.59 bits per heavy atom. The second kappa shape index (κ2) is 4.63. The van der Waals surface area contributed by atoms with Crippen molar-refractivity contribution in [1.82, 2.24) is 0 Å². The van der Waals surface area contributed by atoms with Crippen molar-refractivity contribution >= 4 is 0 Å². The summed E-state index contributed by atoms with van der Waals surface area (Å²) in [6.07, 6.45) is 0.672. The molecule has 4 heteroatoms. The molecule has 17 heavy (non-hydrogen) atoms. The van der Waals surface area contributed by atoms with E-state index in [1.54, 1.807) is 6.07 Å². The zero-order valence-electron chi connectivity index (χ0n) is 10.2. The second-order valence-corrected chi connectivity index (χ2v) is 4.68. The molecule has 0 saturated carbocycles. The van der Waals surface area contributed by atoms with Crippen LogP contribution in [0.15, 0.2) is 18.2 Å². The number of nitrogens with two attached hydrogens (primary N) is 1. The maximum absolute atomic E-state index is 13.2. The number of halogens is 1. The van der Waals surface area contributed by atoms with Crippen LogP contribution in [-0.4, -0.2) is 18.8 Å². The van der Waals surface area contributed by atoms with Crippen molar-refractivity contribution in [2.45, 2.75) is 31.9 Å². The van der Waals surface area contributed by atoms with Gasteiger partial charge >= 0.3 is 0 Å². The first-order valence-corrected chi connectivity index (χ1v) is 5.86. The average Bonchev–Trinajstić information content (AvgIpc) is 2.25. The molecular formula is C13H18FNO2. The van der Waals surface area contributed by atoms with Crippen LogP contribution in [0.1, 0.15) is 31.9 Å². The van der Waals surface area contributed by atoms with Gasteiger partial charge in [0.25, 0.3) is 0 Å². The van der Waals surface area contributed by atoms with E-state index in [-0.39, 0.29) is 11.9 Å². The van der Waals surface area contributed by atoms with E-state index in [0.717, 1.165) is 5.56 Å². The van der Waals surface area contributed by atoms with Gasteiger partial charge in [-0.3, -0.25) is 0 Å². The highest BCUT2D eigenvalue weighted by Crippen LogP contribution is 2.38. The number of rotatable bonds is 3. The minimum atomic E-state index is -0.476. The lowest BCUT2D eigenvalue weighted by atomic mass is 9.89. The van der Waals surface area contributed by atoms with Crippen LogP contribution in [0.4, 0.5) is 4.39 Å². The molecule has 0 aromatic heterocycles. The fourth-order valence-corrected chi connectivity index (χ4v) is 2.19. The number of hydrogen-bond acceptors (Lipinski definition) is 3. The Bertz CT molecular complexity index is 410. The van der Waals surface area contributed by atoms with Crippen LogP contribution in [0.3, 0.4) is 0 Å². The molecule has 2 N–H and O–H groups in total. The van der Waals surface area contributed by atoms with Crippen LogP contribution < -0.4 is 10.5 Å². The van der Waals surface area contributed by atoms with Crippen LogP contribution in [0, 0.1) is 5.82 Å². The Balaban J connectivity index is 2.25. The van der Waals surface area contributed by atoms with E-state index in [1.807, 2.05) is 13.8 Å². The van der Waals surface area contributed by atoms with Crippen molar-refractivity contribution in [3.8, 4) is 5.75 Å². The Morgan fingerprint density at radius 2 is 2.35 bits per heavy atom. The van der Waals surface area contributed by atoms with Gasteiger partial charge < -0.3 is 15.2 Å². The molecule has 1 aromatic rings. The van der Waals surface area contributed by atoms with E-state index in [2.05, 4.69) is 0 Å². The van der Waals surface area contributed by atoms with Crippen molar-refractivity contribution in [3.63, 3.8) is 0 Å². The quantitative estimate of drug-likeness (QED) is 0.881. The van der Waals surface area contributed by atoms with Crippen LogP contribution in [0.2, 0.25) is 0 Å². The zero-order valence-corrected chi connectivity index (χ0v) is 10.2. The first kappa shape index (κ1) is 12.3. The third-order valence-corrected chi connectivity index (χ3v) is 2.99. The molecule has 0 fully saturated rings. The van der Waals surface area contributed by atoms with Gasteiger partial charge in [0.1, 0.15) is 17.2 Å². The standard InChI is InChI=1S/C13H18FNO2/c1-3-16-8-13(2)7-11(15)10-5-4-9(14)6-12(10)17-13/h4-6,11H,3,7-8,15H2,1-2H3. The van der Waals surface area contributed by atoms with Gasteiger partial charge in [-0.15, -0.1) is 0 Å². The van der Waals surface area contributed by atoms with Crippen molar-refractivity contribution < 1.29 is 13.9 Å². The largest absolute Gasteiger partial charge is 0.485 e. The third kappa shape index (κ3) is 2.58. The van der Waals surface area contributed by atoms with E-state index in [1.165, 1.54) is 12.1 Å². The molecule has 3 nitrogen and oxygen atoms in total. The minimum Gasteiger partial charge on any atom is -0.485 e. The molecule has 2 unspecified atom stereocenters. The molecule has 1 aromatic carbocycles. The van der Waals surface area contributed by atoms with E-state index >= 15 is 0 Å². The summed E-state index contributed by atoms with van der Waals surface area (Å²) in [7, 11) is 0. The highest BCUT2D eigenvalue weighted by atomic mass is 19.1. The third-order valence-electron chi connectivity index (χ3n) is 2.99. The molecular weight excluding hydrogens is 221 g/mol. The van der Waals surface area contributed by atoms with Gasteiger partial charge in [0.2, 0.25) is 0 Å². The average molecular weight is 239 g/mol. The first-order chi connectivity index (χ1) is 8.04. The van der Waals surface area contributed by atoms with Crippen LogP contribution in [-0.2, 0) is 4.74 Å². The molecule has 0 bridgehead atoms. The van der Waals surface area contributed by atoms with Gasteiger partial charge in [0.05, 0.1) is 6.61 Å². The Kier molecular flexibility index (Phi) is 3.35. The summed E-state index contributed by atoms with van der Waals surface area (Å²) < 4.78 is 24.4. The Hall–Kier alpha value is -1.13. The summed E-state index contributed by atoms with van der Waals surface area (Å²) in [6.45, 7) is 4.97. The lowest BCUT2D eigenvalue weighted by Gasteiger charge is -2.38. The Labute approximate surface area is 101 Å². The van der Waals surface area contributed by atoms with Gasteiger partial charge in [-0.05, 0) is 19.9 Å². The summed E-state index contributed by atoms with van der Waals surface area (Å²) in [6, 6.07) is 4.35. The lowest BCUT2D eigenvalue weighted by molar-refractivity contribution is -0.0303. The second-order valence-electron chi connectivity index (χ2n) is 4.68. The van der Waals surface area contributed by atoms with E-state index in [0.29, 0.717) is 25.4 Å². The normalized spacial score (nSPS) is 27.4. The van der Waals surface area contributed by atoms with E-state index < -0.39 is 5.60 Å². The fourth-order valence-electron chi connectivity index (χ4n) is 2.19. The minimum absolute atomic E-state index is 0.134. The van der Waals surface area contributed by atoms with E-state index in [9.17, 15) is 4.39 Å². The maximum atomic E-state index is 13.2. The molecule has 2 rings (SSSR count). The highest BCUT2D eigenvalue weighted by Gasteiger charge is 2.36. The molecule has 0 radical (unpaired) electrons. The molecule has 94 valence electrons. The number of ether oxygens (including phenoxy) is 2. The maximum Gasteiger partial charge on any atom is 0.131 e. The van der Waals surface area contributed by atoms with Crippen molar-refractivity contribution in [1.29, 1.82) is 0 Å². The Morgan fingerprint density at radius 3 is 3.06 bits per heavy atom. The van der Waals surface area contributed by atoms with Crippen molar-refractivity contribution in [2.24, 2.45) is 5.73 Å². The molecule has 1 aliphatic rings. The summed E-state index contributed by atoms with van der Waals surface area (Å²) in [5, 5.41) is 0. The van der Waals surface area contributed by atoms with Gasteiger partial charge in [0, 0.05) is 30.7 Å². The summed E-state index contributed by atoms with van der Waals surface area (Å²) >= 11 is 0. The topological polar surface area (TPSA) is 44.5 Å². The number of benzene rings is 1. The van der Waals surface area contributed by atoms with Crippen molar-refractivity contribution in [2.75, 3.05) is 13.2 Å². The SMILES string of the molecule is CCOCC1(C)CC(N)c2ccc(F)cc2O1. The van der Waals surface area contributed by atoms with Crippen LogP contribution >= 0.6 is 0 Å². The summed E-state index contributed by atoms with van der Waals surface area (Å²) in [5.74, 6) is 0.225. The van der Waals surface area contributed by atoms with Gasteiger partial charge in [-0.1, -0.05) is 6.07 Å². The predicted octanol–water partition coefficient (Wildman–Crippen LogP) is 2.40. The highest BCUT2D eigenvalue weighted by molar-refractivity contribution is 5.39. The predicted molar refractivity (Wildman–Crippen MR) is 63.5 cm³/mol. The smallest absolute Gasteiger partial charge is 0.131 e. The van der Waals surface area contributed by atoms with Crippen LogP contribution in [0.5, 0.6) is 5.75 Å². The van der Waals surface area contributed by atoms with Gasteiger partial charge in [0.15, 0.2) is 0 Å². The van der Waals surface area contributed by atoms with E-state index in [4.69, 9.17) is 15.2 Å².